The summed E-state index contributed by atoms with van der Waals surface area (Å²) in [5, 5.41) is 3.05. The van der Waals surface area contributed by atoms with Crippen molar-refractivity contribution in [3.8, 4) is 5.75 Å². The maximum Gasteiger partial charge on any atom is 0.241 e. The van der Waals surface area contributed by atoms with E-state index in [9.17, 15) is 13.2 Å². The SMILES string of the molecule is COc1ccc2c(c1)CCCC2NC(=O)CN(c1c(C)cc(C)cc1C)S(C)(=O)=O. The van der Waals surface area contributed by atoms with Crippen LogP contribution in [0.25, 0.3) is 0 Å². The topological polar surface area (TPSA) is 75.7 Å². The van der Waals surface area contributed by atoms with E-state index in [0.29, 0.717) is 5.69 Å². The zero-order valence-corrected chi connectivity index (χ0v) is 19.1. The summed E-state index contributed by atoms with van der Waals surface area (Å²) in [7, 11) is -1.99. The van der Waals surface area contributed by atoms with Crippen LogP contribution >= 0.6 is 0 Å². The zero-order chi connectivity index (χ0) is 22.1. The lowest BCUT2D eigenvalue weighted by Gasteiger charge is -2.29. The summed E-state index contributed by atoms with van der Waals surface area (Å²) < 4.78 is 31.6. The number of ether oxygens (including phenoxy) is 1. The number of fused-ring (bicyclic) bond motifs is 1. The lowest BCUT2D eigenvalue weighted by atomic mass is 9.87. The minimum atomic E-state index is -3.63. The minimum absolute atomic E-state index is 0.131. The van der Waals surface area contributed by atoms with Gasteiger partial charge in [0, 0.05) is 0 Å². The molecule has 1 aliphatic rings. The Kier molecular flexibility index (Phi) is 6.41. The largest absolute Gasteiger partial charge is 0.497 e. The fourth-order valence-electron chi connectivity index (χ4n) is 4.37. The number of anilines is 1. The average molecular weight is 431 g/mol. The van der Waals surface area contributed by atoms with Gasteiger partial charge in [-0.15, -0.1) is 0 Å². The zero-order valence-electron chi connectivity index (χ0n) is 18.3. The van der Waals surface area contributed by atoms with Gasteiger partial charge in [0.05, 0.1) is 25.1 Å². The van der Waals surface area contributed by atoms with E-state index in [-0.39, 0.29) is 18.5 Å². The van der Waals surface area contributed by atoms with Gasteiger partial charge in [-0.3, -0.25) is 9.10 Å². The maximum absolute atomic E-state index is 12.9. The first-order valence-electron chi connectivity index (χ1n) is 10.1. The third-order valence-electron chi connectivity index (χ3n) is 5.57. The lowest BCUT2D eigenvalue weighted by molar-refractivity contribution is -0.120. The second-order valence-electron chi connectivity index (χ2n) is 8.09. The van der Waals surface area contributed by atoms with Crippen molar-refractivity contribution in [2.45, 2.75) is 46.1 Å². The number of hydrogen-bond acceptors (Lipinski definition) is 4. The van der Waals surface area contributed by atoms with Gasteiger partial charge in [0.25, 0.3) is 0 Å². The van der Waals surface area contributed by atoms with Crippen molar-refractivity contribution in [1.29, 1.82) is 0 Å². The molecule has 2 aromatic rings. The van der Waals surface area contributed by atoms with Gasteiger partial charge in [0.15, 0.2) is 0 Å². The van der Waals surface area contributed by atoms with Crippen molar-refractivity contribution in [3.05, 3.63) is 58.1 Å². The van der Waals surface area contributed by atoms with Gasteiger partial charge in [0.2, 0.25) is 15.9 Å². The van der Waals surface area contributed by atoms with Gasteiger partial charge in [0.1, 0.15) is 12.3 Å². The van der Waals surface area contributed by atoms with Crippen molar-refractivity contribution in [1.82, 2.24) is 5.32 Å². The number of hydrogen-bond donors (Lipinski definition) is 1. The molecule has 162 valence electrons. The van der Waals surface area contributed by atoms with Crippen molar-refractivity contribution in [2.24, 2.45) is 0 Å². The van der Waals surface area contributed by atoms with Crippen molar-refractivity contribution >= 4 is 21.6 Å². The highest BCUT2D eigenvalue weighted by atomic mass is 32.2. The molecule has 0 heterocycles. The summed E-state index contributed by atoms with van der Waals surface area (Å²) >= 11 is 0. The molecular formula is C23H30N2O4S. The Hall–Kier alpha value is -2.54. The Morgan fingerprint density at radius 3 is 2.43 bits per heavy atom. The molecule has 1 amide bonds. The molecule has 0 radical (unpaired) electrons. The van der Waals surface area contributed by atoms with Crippen LogP contribution in [0.5, 0.6) is 5.75 Å². The number of amides is 1. The van der Waals surface area contributed by atoms with Gasteiger partial charge in [-0.1, -0.05) is 23.8 Å². The van der Waals surface area contributed by atoms with E-state index < -0.39 is 10.0 Å². The molecular weight excluding hydrogens is 400 g/mol. The van der Waals surface area contributed by atoms with E-state index in [2.05, 4.69) is 5.32 Å². The molecule has 0 saturated heterocycles. The number of carbonyl (C=O) groups excluding carboxylic acids is 1. The van der Waals surface area contributed by atoms with Gasteiger partial charge in [-0.2, -0.15) is 0 Å². The van der Waals surface area contributed by atoms with Gasteiger partial charge >= 0.3 is 0 Å². The molecule has 0 bridgehead atoms. The molecule has 30 heavy (non-hydrogen) atoms. The summed E-state index contributed by atoms with van der Waals surface area (Å²) in [5.41, 5.74) is 5.54. The number of aryl methyl sites for hydroxylation is 4. The molecule has 0 aliphatic heterocycles. The van der Waals surface area contributed by atoms with Crippen LogP contribution < -0.4 is 14.4 Å². The normalized spacial score (nSPS) is 16.0. The molecule has 0 saturated carbocycles. The van der Waals surface area contributed by atoms with Crippen LogP contribution in [0.15, 0.2) is 30.3 Å². The molecule has 1 unspecified atom stereocenters. The molecule has 3 rings (SSSR count). The highest BCUT2D eigenvalue weighted by Gasteiger charge is 2.27. The van der Waals surface area contributed by atoms with Crippen LogP contribution in [0.2, 0.25) is 0 Å². The third-order valence-corrected chi connectivity index (χ3v) is 6.68. The molecule has 0 spiro atoms. The lowest BCUT2D eigenvalue weighted by Crippen LogP contribution is -2.42. The molecule has 1 aliphatic carbocycles. The van der Waals surface area contributed by atoms with Crippen LogP contribution in [-0.4, -0.2) is 34.2 Å². The predicted molar refractivity (Wildman–Crippen MR) is 120 cm³/mol. The third kappa shape index (κ3) is 4.78. The van der Waals surface area contributed by atoms with Crippen molar-refractivity contribution < 1.29 is 17.9 Å². The molecule has 0 aromatic heterocycles. The van der Waals surface area contributed by atoms with Crippen molar-refractivity contribution in [2.75, 3.05) is 24.2 Å². The first-order valence-corrected chi connectivity index (χ1v) is 12.0. The number of nitrogens with zero attached hydrogens (tertiary/aromatic N) is 1. The van der Waals surface area contributed by atoms with Gasteiger partial charge < -0.3 is 10.1 Å². The Morgan fingerprint density at radius 1 is 1.17 bits per heavy atom. The van der Waals surface area contributed by atoms with Crippen LogP contribution in [0.1, 0.15) is 46.7 Å². The Labute approximate surface area is 179 Å². The second kappa shape index (κ2) is 8.68. The molecule has 7 heteroatoms. The van der Waals surface area contributed by atoms with Crippen LogP contribution in [0.3, 0.4) is 0 Å². The number of nitrogens with one attached hydrogen (secondary N) is 1. The molecule has 0 fully saturated rings. The number of benzene rings is 2. The highest BCUT2D eigenvalue weighted by Crippen LogP contribution is 2.33. The molecule has 1 atom stereocenters. The Morgan fingerprint density at radius 2 is 1.83 bits per heavy atom. The summed E-state index contributed by atoms with van der Waals surface area (Å²) in [6.45, 7) is 5.47. The number of rotatable bonds is 6. The van der Waals surface area contributed by atoms with Crippen molar-refractivity contribution in [3.63, 3.8) is 0 Å². The Bertz CT molecular complexity index is 1040. The van der Waals surface area contributed by atoms with E-state index in [1.807, 2.05) is 51.1 Å². The standard InChI is InChI=1S/C23H30N2O4S/c1-15-11-16(2)23(17(3)12-15)25(30(5,27)28)14-22(26)24-21-8-6-7-18-13-19(29-4)9-10-20(18)21/h9-13,21H,6-8,14H2,1-5H3,(H,24,26). The van der Waals surface area contributed by atoms with E-state index >= 15 is 0 Å². The van der Waals surface area contributed by atoms with Gasteiger partial charge in [-0.05, 0) is 74.4 Å². The quantitative estimate of drug-likeness (QED) is 0.760. The predicted octanol–water partition coefficient (Wildman–Crippen LogP) is 3.58. The Balaban J connectivity index is 1.84. The fourth-order valence-corrected chi connectivity index (χ4v) is 5.34. The fraction of sp³-hybridized carbons (Fsp3) is 0.435. The summed E-state index contributed by atoms with van der Waals surface area (Å²) in [6, 6.07) is 9.63. The van der Waals surface area contributed by atoms with E-state index in [4.69, 9.17) is 4.74 Å². The number of sulfonamides is 1. The summed E-state index contributed by atoms with van der Waals surface area (Å²) in [5.74, 6) is 0.489. The second-order valence-corrected chi connectivity index (χ2v) is 10.0. The van der Waals surface area contributed by atoms with Crippen LogP contribution in [0.4, 0.5) is 5.69 Å². The number of methoxy groups -OCH3 is 1. The first-order chi connectivity index (χ1) is 14.1. The molecule has 1 N–H and O–H groups in total. The van der Waals surface area contributed by atoms with E-state index in [0.717, 1.165) is 59.1 Å². The monoisotopic (exact) mass is 430 g/mol. The first kappa shape index (κ1) is 22.2. The summed E-state index contributed by atoms with van der Waals surface area (Å²) in [6.07, 6.45) is 3.86. The van der Waals surface area contributed by atoms with E-state index in [1.165, 1.54) is 4.31 Å². The van der Waals surface area contributed by atoms with Crippen LogP contribution in [0, 0.1) is 20.8 Å². The average Bonchev–Trinajstić information content (AvgIpc) is 2.65. The maximum atomic E-state index is 12.9. The minimum Gasteiger partial charge on any atom is -0.497 e. The number of carbonyl (C=O) groups is 1. The highest BCUT2D eigenvalue weighted by molar-refractivity contribution is 7.92. The molecule has 6 nitrogen and oxygen atoms in total. The smallest absolute Gasteiger partial charge is 0.241 e. The van der Waals surface area contributed by atoms with Gasteiger partial charge in [-0.25, -0.2) is 8.42 Å². The van der Waals surface area contributed by atoms with Crippen LogP contribution in [-0.2, 0) is 21.2 Å². The summed E-state index contributed by atoms with van der Waals surface area (Å²) in [4.78, 5) is 12.9. The molecule has 2 aromatic carbocycles. The van der Waals surface area contributed by atoms with E-state index in [1.54, 1.807) is 7.11 Å².